The average Bonchev–Trinajstić information content (AvgIpc) is 2.29. The number of hydrogen-bond donors (Lipinski definition) is 3. The fraction of sp³-hybridized carbons (Fsp3) is 0.462. The largest absolute Gasteiger partial charge is 0.479 e. The van der Waals surface area contributed by atoms with E-state index in [1.807, 2.05) is 24.3 Å². The first-order chi connectivity index (χ1) is 8.45. The topological polar surface area (TPSA) is 78.8 Å². The Morgan fingerprint density at radius 1 is 1.44 bits per heavy atom. The molecule has 0 spiro atoms. The molecule has 5 nitrogen and oxygen atoms in total. The van der Waals surface area contributed by atoms with Gasteiger partial charge in [-0.15, -0.1) is 0 Å². The van der Waals surface area contributed by atoms with Gasteiger partial charge in [-0.2, -0.15) is 0 Å². The first-order valence-electron chi connectivity index (χ1n) is 5.69. The molecular formula is C13H19NO4. The number of aliphatic hydroxyl groups is 1. The number of aliphatic carboxylic acids is 1. The summed E-state index contributed by atoms with van der Waals surface area (Å²) < 4.78 is 5.03. The lowest BCUT2D eigenvalue weighted by Crippen LogP contribution is -2.44. The molecule has 1 aromatic rings. The predicted octanol–water partition coefficient (Wildman–Crippen LogP) is 0.758. The summed E-state index contributed by atoms with van der Waals surface area (Å²) in [6, 6.07) is 7.79. The van der Waals surface area contributed by atoms with E-state index in [0.717, 1.165) is 11.1 Å². The number of nitrogens with one attached hydrogen (secondary N) is 1. The SMILES string of the molecule is COCc1cccc(CNCC(C)(O)C(=O)O)c1. The van der Waals surface area contributed by atoms with Gasteiger partial charge in [-0.05, 0) is 18.1 Å². The molecule has 0 saturated carbocycles. The third-order valence-electron chi connectivity index (χ3n) is 2.56. The maximum atomic E-state index is 10.7. The van der Waals surface area contributed by atoms with Crippen molar-refractivity contribution in [2.75, 3.05) is 13.7 Å². The molecule has 1 rings (SSSR count). The van der Waals surface area contributed by atoms with E-state index in [9.17, 15) is 9.90 Å². The molecule has 0 bridgehead atoms. The summed E-state index contributed by atoms with van der Waals surface area (Å²) in [7, 11) is 1.63. The Hall–Kier alpha value is -1.43. The summed E-state index contributed by atoms with van der Waals surface area (Å²) in [6.07, 6.45) is 0. The van der Waals surface area contributed by atoms with Crippen LogP contribution in [0, 0.1) is 0 Å². The summed E-state index contributed by atoms with van der Waals surface area (Å²) in [6.45, 7) is 2.31. The van der Waals surface area contributed by atoms with Crippen LogP contribution < -0.4 is 5.32 Å². The minimum absolute atomic E-state index is 0.00314. The Kier molecular flexibility index (Phi) is 5.27. The summed E-state index contributed by atoms with van der Waals surface area (Å²) in [5.74, 6) is -1.23. The highest BCUT2D eigenvalue weighted by Crippen LogP contribution is 2.07. The van der Waals surface area contributed by atoms with Gasteiger partial charge in [-0.25, -0.2) is 4.79 Å². The molecule has 18 heavy (non-hydrogen) atoms. The minimum Gasteiger partial charge on any atom is -0.479 e. The highest BCUT2D eigenvalue weighted by atomic mass is 16.5. The van der Waals surface area contributed by atoms with Crippen molar-refractivity contribution in [3.63, 3.8) is 0 Å². The van der Waals surface area contributed by atoms with Crippen LogP contribution in [0.3, 0.4) is 0 Å². The maximum absolute atomic E-state index is 10.7. The molecule has 0 radical (unpaired) electrons. The van der Waals surface area contributed by atoms with Crippen LogP contribution in [0.15, 0.2) is 24.3 Å². The number of carboxylic acids is 1. The van der Waals surface area contributed by atoms with Gasteiger partial charge in [0.05, 0.1) is 6.61 Å². The molecule has 0 aliphatic carbocycles. The number of methoxy groups -OCH3 is 1. The van der Waals surface area contributed by atoms with E-state index in [1.165, 1.54) is 6.92 Å². The van der Waals surface area contributed by atoms with Gasteiger partial charge in [0.2, 0.25) is 0 Å². The first-order valence-corrected chi connectivity index (χ1v) is 5.69. The molecule has 100 valence electrons. The zero-order valence-corrected chi connectivity index (χ0v) is 10.6. The lowest BCUT2D eigenvalue weighted by atomic mass is 10.1. The van der Waals surface area contributed by atoms with Crippen LogP contribution in [0.25, 0.3) is 0 Å². The van der Waals surface area contributed by atoms with Crippen LogP contribution in [-0.4, -0.2) is 35.4 Å². The van der Waals surface area contributed by atoms with Crippen LogP contribution in [0.5, 0.6) is 0 Å². The number of benzene rings is 1. The second kappa shape index (κ2) is 6.49. The van der Waals surface area contributed by atoms with Crippen molar-refractivity contribution < 1.29 is 19.7 Å². The van der Waals surface area contributed by atoms with Crippen LogP contribution in [0.1, 0.15) is 18.1 Å². The Morgan fingerprint density at radius 3 is 2.72 bits per heavy atom. The van der Waals surface area contributed by atoms with Gasteiger partial charge >= 0.3 is 5.97 Å². The highest BCUT2D eigenvalue weighted by Gasteiger charge is 2.28. The molecule has 0 heterocycles. The van der Waals surface area contributed by atoms with Crippen molar-refractivity contribution in [1.82, 2.24) is 5.32 Å². The quantitative estimate of drug-likeness (QED) is 0.668. The third kappa shape index (κ3) is 4.44. The number of hydrogen-bond acceptors (Lipinski definition) is 4. The molecule has 0 aromatic heterocycles. The van der Waals surface area contributed by atoms with Crippen LogP contribution in [-0.2, 0) is 22.7 Å². The second-order valence-corrected chi connectivity index (χ2v) is 4.44. The van der Waals surface area contributed by atoms with Crippen LogP contribution in [0.4, 0.5) is 0 Å². The smallest absolute Gasteiger partial charge is 0.336 e. The van der Waals surface area contributed by atoms with Gasteiger partial charge in [-0.3, -0.25) is 0 Å². The zero-order chi connectivity index (χ0) is 13.6. The van der Waals surface area contributed by atoms with Gasteiger partial charge in [0.1, 0.15) is 0 Å². The van der Waals surface area contributed by atoms with Crippen LogP contribution >= 0.6 is 0 Å². The molecule has 0 aliphatic heterocycles. The molecule has 0 aliphatic rings. The summed E-state index contributed by atoms with van der Waals surface area (Å²) in [5.41, 5.74) is 0.331. The minimum atomic E-state index is -1.75. The monoisotopic (exact) mass is 253 g/mol. The van der Waals surface area contributed by atoms with E-state index in [2.05, 4.69) is 5.32 Å². The third-order valence-corrected chi connectivity index (χ3v) is 2.56. The molecule has 1 atom stereocenters. The summed E-state index contributed by atoms with van der Waals surface area (Å²) in [5, 5.41) is 21.2. The Morgan fingerprint density at radius 2 is 2.11 bits per heavy atom. The second-order valence-electron chi connectivity index (χ2n) is 4.44. The Balaban J connectivity index is 2.49. The fourth-order valence-corrected chi connectivity index (χ4v) is 1.52. The van der Waals surface area contributed by atoms with Crippen molar-refractivity contribution in [1.29, 1.82) is 0 Å². The molecule has 0 amide bonds. The zero-order valence-electron chi connectivity index (χ0n) is 10.6. The molecular weight excluding hydrogens is 234 g/mol. The number of carboxylic acid groups (broad SMARTS) is 1. The molecule has 3 N–H and O–H groups in total. The number of carbonyl (C=O) groups is 1. The summed E-state index contributed by atoms with van der Waals surface area (Å²) >= 11 is 0. The van der Waals surface area contributed by atoms with Crippen molar-refractivity contribution >= 4 is 5.97 Å². The lowest BCUT2D eigenvalue weighted by Gasteiger charge is -2.18. The lowest BCUT2D eigenvalue weighted by molar-refractivity contribution is -0.156. The van der Waals surface area contributed by atoms with E-state index in [4.69, 9.17) is 9.84 Å². The number of ether oxygens (including phenoxy) is 1. The van der Waals surface area contributed by atoms with E-state index in [-0.39, 0.29) is 6.54 Å². The Bertz CT molecular complexity index is 404. The molecule has 0 fully saturated rings. The molecule has 1 aromatic carbocycles. The summed E-state index contributed by atoms with van der Waals surface area (Å²) in [4.78, 5) is 10.7. The van der Waals surface area contributed by atoms with E-state index >= 15 is 0 Å². The Labute approximate surface area is 106 Å². The molecule has 0 saturated heterocycles. The van der Waals surface area contributed by atoms with E-state index in [0.29, 0.717) is 13.2 Å². The maximum Gasteiger partial charge on any atom is 0.336 e. The first kappa shape index (κ1) is 14.6. The highest BCUT2D eigenvalue weighted by molar-refractivity contribution is 5.76. The normalized spacial score (nSPS) is 14.2. The van der Waals surface area contributed by atoms with Gasteiger partial charge < -0.3 is 20.3 Å². The number of rotatable bonds is 7. The molecule has 1 unspecified atom stereocenters. The van der Waals surface area contributed by atoms with E-state index < -0.39 is 11.6 Å². The van der Waals surface area contributed by atoms with Crippen molar-refractivity contribution in [3.05, 3.63) is 35.4 Å². The van der Waals surface area contributed by atoms with Crippen molar-refractivity contribution in [2.45, 2.75) is 25.7 Å². The van der Waals surface area contributed by atoms with Gasteiger partial charge in [0.25, 0.3) is 0 Å². The standard InChI is InChI=1S/C13H19NO4/c1-13(17,12(15)16)9-14-7-10-4-3-5-11(6-10)8-18-2/h3-6,14,17H,7-9H2,1-2H3,(H,15,16). The molecule has 5 heteroatoms. The van der Waals surface area contributed by atoms with Gasteiger partial charge in [0, 0.05) is 20.2 Å². The predicted molar refractivity (Wildman–Crippen MR) is 67.1 cm³/mol. The fourth-order valence-electron chi connectivity index (χ4n) is 1.52. The van der Waals surface area contributed by atoms with Gasteiger partial charge in [-0.1, -0.05) is 24.3 Å². The van der Waals surface area contributed by atoms with Gasteiger partial charge in [0.15, 0.2) is 5.60 Å². The van der Waals surface area contributed by atoms with E-state index in [1.54, 1.807) is 7.11 Å². The van der Waals surface area contributed by atoms with Crippen molar-refractivity contribution in [2.24, 2.45) is 0 Å². The van der Waals surface area contributed by atoms with Crippen molar-refractivity contribution in [3.8, 4) is 0 Å². The average molecular weight is 253 g/mol. The van der Waals surface area contributed by atoms with Crippen LogP contribution in [0.2, 0.25) is 0 Å².